The summed E-state index contributed by atoms with van der Waals surface area (Å²) in [5, 5.41) is 10.1. The Morgan fingerprint density at radius 1 is 0.789 bits per heavy atom. The van der Waals surface area contributed by atoms with Crippen molar-refractivity contribution < 1.29 is 33.2 Å². The predicted octanol–water partition coefficient (Wildman–Crippen LogP) is 5.07. The van der Waals surface area contributed by atoms with Crippen molar-refractivity contribution in [1.29, 1.82) is 5.26 Å². The fourth-order valence-electron chi connectivity index (χ4n) is 5.02. The van der Waals surface area contributed by atoms with E-state index in [0.29, 0.717) is 45.8 Å². The van der Waals surface area contributed by atoms with Crippen LogP contribution in [0.15, 0.2) is 52.6 Å². The average molecular weight is 521 g/mol. The van der Waals surface area contributed by atoms with E-state index >= 15 is 0 Å². The van der Waals surface area contributed by atoms with E-state index in [9.17, 15) is 5.26 Å². The highest BCUT2D eigenvalue weighted by Crippen LogP contribution is 2.51. The van der Waals surface area contributed by atoms with Crippen LogP contribution in [0.1, 0.15) is 36.3 Å². The first-order chi connectivity index (χ1) is 18.4. The van der Waals surface area contributed by atoms with E-state index in [-0.39, 0.29) is 5.88 Å². The normalized spacial score (nSPS) is 17.8. The monoisotopic (exact) mass is 520 g/mol. The topological polar surface area (TPSA) is 114 Å². The summed E-state index contributed by atoms with van der Waals surface area (Å²) in [6, 6.07) is 9.49. The summed E-state index contributed by atoms with van der Waals surface area (Å²) in [6.45, 7) is 0. The molecule has 9 heteroatoms. The molecule has 4 rings (SSSR count). The molecule has 2 N–H and O–H groups in total. The molecule has 2 aromatic carbocycles. The summed E-state index contributed by atoms with van der Waals surface area (Å²) in [4.78, 5) is 0. The van der Waals surface area contributed by atoms with Gasteiger partial charge >= 0.3 is 0 Å². The van der Waals surface area contributed by atoms with Gasteiger partial charge in [-0.1, -0.05) is 0 Å². The minimum absolute atomic E-state index is 0.0557. The number of hydrogen-bond donors (Lipinski definition) is 1. The summed E-state index contributed by atoms with van der Waals surface area (Å²) in [5.41, 5.74) is 10.1. The third-order valence-corrected chi connectivity index (χ3v) is 6.82. The molecular weight excluding hydrogens is 488 g/mol. The zero-order chi connectivity index (χ0) is 27.4. The first-order valence-electron chi connectivity index (χ1n) is 12.1. The van der Waals surface area contributed by atoms with E-state index in [0.717, 1.165) is 41.5 Å². The quantitative estimate of drug-likeness (QED) is 0.510. The average Bonchev–Trinajstić information content (AvgIpc) is 2.95. The second-order valence-corrected chi connectivity index (χ2v) is 8.70. The molecule has 38 heavy (non-hydrogen) atoms. The van der Waals surface area contributed by atoms with Crippen LogP contribution >= 0.6 is 0 Å². The van der Waals surface area contributed by atoms with Gasteiger partial charge in [0, 0.05) is 23.3 Å². The van der Waals surface area contributed by atoms with Crippen LogP contribution in [0.25, 0.3) is 6.08 Å². The van der Waals surface area contributed by atoms with Crippen molar-refractivity contribution in [1.82, 2.24) is 0 Å². The standard InChI is InChI=1S/C29H32N2O7/c1-32-21-13-25(36-5)23(34-3)11-17(21)10-16-8-7-9-18-27(20(15-30)29(31)38-28(16)18)19-12-24(35-4)26(37-6)14-22(19)33-2/h10-14,27H,7-9,31H2,1-6H3/b16-10+. The number of hydrogen-bond acceptors (Lipinski definition) is 9. The molecule has 9 nitrogen and oxygen atoms in total. The molecule has 0 radical (unpaired) electrons. The van der Waals surface area contributed by atoms with Crippen LogP contribution in [0, 0.1) is 11.3 Å². The third-order valence-electron chi connectivity index (χ3n) is 6.82. The number of nitrogens with two attached hydrogens (primary N) is 1. The Kier molecular flexibility index (Phi) is 7.91. The van der Waals surface area contributed by atoms with Crippen molar-refractivity contribution in [2.45, 2.75) is 25.2 Å². The molecule has 2 aliphatic rings. The summed E-state index contributed by atoms with van der Waals surface area (Å²) in [7, 11) is 9.47. The van der Waals surface area contributed by atoms with Gasteiger partial charge in [0.15, 0.2) is 23.0 Å². The van der Waals surface area contributed by atoms with Gasteiger partial charge in [-0.25, -0.2) is 0 Å². The number of nitrogens with zero attached hydrogens (tertiary/aromatic N) is 1. The van der Waals surface area contributed by atoms with Crippen LogP contribution in [0.3, 0.4) is 0 Å². The molecule has 2 aromatic rings. The first kappa shape index (κ1) is 26.6. The molecule has 1 aliphatic carbocycles. The molecule has 1 aliphatic heterocycles. The Labute approximate surface area is 222 Å². The summed E-state index contributed by atoms with van der Waals surface area (Å²) >= 11 is 0. The maximum atomic E-state index is 10.1. The summed E-state index contributed by atoms with van der Waals surface area (Å²) in [6.07, 6.45) is 4.33. The van der Waals surface area contributed by atoms with Crippen LogP contribution in [0.2, 0.25) is 0 Å². The molecule has 1 heterocycles. The molecule has 1 atom stereocenters. The Morgan fingerprint density at radius 3 is 1.92 bits per heavy atom. The maximum Gasteiger partial charge on any atom is 0.205 e. The molecule has 200 valence electrons. The summed E-state index contributed by atoms with van der Waals surface area (Å²) < 4.78 is 39.4. The largest absolute Gasteiger partial charge is 0.496 e. The van der Waals surface area contributed by atoms with Gasteiger partial charge in [0.2, 0.25) is 5.88 Å². The van der Waals surface area contributed by atoms with Crippen molar-refractivity contribution >= 4 is 6.08 Å². The van der Waals surface area contributed by atoms with Crippen LogP contribution in [-0.2, 0) is 4.74 Å². The number of benzene rings is 2. The molecule has 0 saturated carbocycles. The zero-order valence-electron chi connectivity index (χ0n) is 22.5. The predicted molar refractivity (Wildman–Crippen MR) is 142 cm³/mol. The maximum absolute atomic E-state index is 10.1. The minimum atomic E-state index is -0.477. The van der Waals surface area contributed by atoms with E-state index < -0.39 is 5.92 Å². The molecule has 0 saturated heterocycles. The summed E-state index contributed by atoms with van der Waals surface area (Å²) in [5.74, 6) is 3.59. The highest BCUT2D eigenvalue weighted by molar-refractivity contribution is 5.69. The van der Waals surface area contributed by atoms with E-state index in [2.05, 4.69) is 6.07 Å². The van der Waals surface area contributed by atoms with Gasteiger partial charge in [-0.3, -0.25) is 0 Å². The van der Waals surface area contributed by atoms with E-state index in [1.165, 1.54) is 0 Å². The molecule has 0 amide bonds. The van der Waals surface area contributed by atoms with Crippen LogP contribution < -0.4 is 34.2 Å². The van der Waals surface area contributed by atoms with Crippen LogP contribution in [0.4, 0.5) is 0 Å². The van der Waals surface area contributed by atoms with Gasteiger partial charge in [-0.05, 0) is 48.6 Å². The lowest BCUT2D eigenvalue weighted by Gasteiger charge is -2.34. The highest BCUT2D eigenvalue weighted by atomic mass is 16.5. The Hall–Kier alpha value is -4.45. The van der Waals surface area contributed by atoms with Gasteiger partial charge in [-0.2, -0.15) is 5.26 Å². The highest BCUT2D eigenvalue weighted by Gasteiger charge is 2.37. The van der Waals surface area contributed by atoms with Crippen LogP contribution in [0.5, 0.6) is 34.5 Å². The number of rotatable bonds is 8. The molecule has 0 spiro atoms. The Balaban J connectivity index is 1.92. The number of methoxy groups -OCH3 is 6. The molecule has 1 unspecified atom stereocenters. The van der Waals surface area contributed by atoms with Crippen molar-refractivity contribution in [2.75, 3.05) is 42.7 Å². The van der Waals surface area contributed by atoms with Crippen molar-refractivity contribution in [3.8, 4) is 40.6 Å². The Bertz CT molecular complexity index is 1370. The van der Waals surface area contributed by atoms with E-state index in [1.807, 2.05) is 18.2 Å². The lowest BCUT2D eigenvalue weighted by atomic mass is 9.76. The SMILES string of the molecule is COc1cc(OC)c(OC)cc1/C=C1\CCCC2=C1OC(N)=C(C#N)C2c1cc(OC)c(OC)cc1OC. The second kappa shape index (κ2) is 11.3. The van der Waals surface area contributed by atoms with E-state index in [4.69, 9.17) is 38.9 Å². The first-order valence-corrected chi connectivity index (χ1v) is 12.1. The number of nitriles is 1. The lowest BCUT2D eigenvalue weighted by Crippen LogP contribution is -2.24. The second-order valence-electron chi connectivity index (χ2n) is 8.70. The number of allylic oxidation sites excluding steroid dienone is 3. The molecule has 0 bridgehead atoms. The van der Waals surface area contributed by atoms with Gasteiger partial charge < -0.3 is 38.9 Å². The smallest absolute Gasteiger partial charge is 0.205 e. The van der Waals surface area contributed by atoms with Gasteiger partial charge in [-0.15, -0.1) is 0 Å². The Morgan fingerprint density at radius 2 is 1.34 bits per heavy atom. The van der Waals surface area contributed by atoms with Gasteiger partial charge in [0.1, 0.15) is 28.9 Å². The fourth-order valence-corrected chi connectivity index (χ4v) is 5.02. The van der Waals surface area contributed by atoms with Gasteiger partial charge in [0.05, 0.1) is 48.6 Å². The van der Waals surface area contributed by atoms with Crippen LogP contribution in [-0.4, -0.2) is 42.7 Å². The molecule has 0 aromatic heterocycles. The van der Waals surface area contributed by atoms with Crippen molar-refractivity contribution in [3.05, 3.63) is 63.8 Å². The minimum Gasteiger partial charge on any atom is -0.496 e. The molecule has 0 fully saturated rings. The third kappa shape index (κ3) is 4.65. The van der Waals surface area contributed by atoms with Gasteiger partial charge in [0.25, 0.3) is 0 Å². The van der Waals surface area contributed by atoms with Crippen molar-refractivity contribution in [2.24, 2.45) is 5.73 Å². The fraction of sp³-hybridized carbons (Fsp3) is 0.345. The number of ether oxygens (including phenoxy) is 7. The molecular formula is C29H32N2O7. The lowest BCUT2D eigenvalue weighted by molar-refractivity contribution is 0.276. The van der Waals surface area contributed by atoms with Crippen molar-refractivity contribution in [3.63, 3.8) is 0 Å². The zero-order valence-corrected chi connectivity index (χ0v) is 22.5. The van der Waals surface area contributed by atoms with E-state index in [1.54, 1.807) is 54.8 Å².